The number of nitrogens with zero attached hydrogens (tertiary/aromatic N) is 1. The highest BCUT2D eigenvalue weighted by molar-refractivity contribution is 5.61. The molecule has 0 radical (unpaired) electrons. The molecule has 2 heteroatoms. The molecule has 3 rings (SSSR count). The Labute approximate surface area is 131 Å². The first-order valence-corrected chi connectivity index (χ1v) is 7.73. The Morgan fingerprint density at radius 2 is 1.68 bits per heavy atom. The molecule has 110 valence electrons. The Hall–Kier alpha value is -2.53. The van der Waals surface area contributed by atoms with Gasteiger partial charge < -0.3 is 4.84 Å². The van der Waals surface area contributed by atoms with E-state index in [4.69, 9.17) is 4.84 Å². The average molecular weight is 289 g/mol. The van der Waals surface area contributed by atoms with Crippen molar-refractivity contribution in [1.82, 2.24) is 0 Å². The SMILES string of the molecule is C(#CC(O/N=C\C1CCC1)c1ccccc1)c1ccccc1. The topological polar surface area (TPSA) is 21.6 Å². The lowest BCUT2D eigenvalue weighted by Crippen LogP contribution is -2.12. The summed E-state index contributed by atoms with van der Waals surface area (Å²) in [6, 6.07) is 19.9. The van der Waals surface area contributed by atoms with E-state index in [1.807, 2.05) is 66.9 Å². The van der Waals surface area contributed by atoms with Crippen LogP contribution in [0.1, 0.15) is 36.5 Å². The highest BCUT2D eigenvalue weighted by Gasteiger charge is 2.15. The molecule has 0 N–H and O–H groups in total. The number of hydrogen-bond donors (Lipinski definition) is 0. The van der Waals surface area contributed by atoms with Crippen LogP contribution in [0.5, 0.6) is 0 Å². The second-order valence-electron chi connectivity index (χ2n) is 5.48. The molecule has 1 aliphatic rings. The Bertz CT molecular complexity index is 663. The second kappa shape index (κ2) is 7.47. The van der Waals surface area contributed by atoms with Gasteiger partial charge in [0.15, 0.2) is 0 Å². The fraction of sp³-hybridized carbons (Fsp3) is 0.250. The molecule has 0 spiro atoms. The molecule has 0 aliphatic heterocycles. The van der Waals surface area contributed by atoms with E-state index in [2.05, 4.69) is 17.0 Å². The summed E-state index contributed by atoms with van der Waals surface area (Å²) in [6.45, 7) is 0. The molecule has 1 fully saturated rings. The van der Waals surface area contributed by atoms with Crippen LogP contribution in [0, 0.1) is 17.8 Å². The smallest absolute Gasteiger partial charge is 0.213 e. The third-order valence-electron chi connectivity index (χ3n) is 3.81. The van der Waals surface area contributed by atoms with Gasteiger partial charge in [-0.25, -0.2) is 0 Å². The number of benzene rings is 2. The van der Waals surface area contributed by atoms with Gasteiger partial charge in [0, 0.05) is 17.3 Å². The maximum atomic E-state index is 5.65. The minimum absolute atomic E-state index is 0.335. The fourth-order valence-corrected chi connectivity index (χ4v) is 2.24. The summed E-state index contributed by atoms with van der Waals surface area (Å²) in [5, 5.41) is 4.15. The summed E-state index contributed by atoms with van der Waals surface area (Å²) in [6.07, 6.45) is 5.32. The maximum absolute atomic E-state index is 5.65. The van der Waals surface area contributed by atoms with Gasteiger partial charge in [0.05, 0.1) is 0 Å². The van der Waals surface area contributed by atoms with E-state index in [1.54, 1.807) is 0 Å². The minimum atomic E-state index is -0.335. The zero-order valence-corrected chi connectivity index (χ0v) is 12.5. The summed E-state index contributed by atoms with van der Waals surface area (Å²) in [5.74, 6) is 6.92. The molecule has 0 bridgehead atoms. The molecule has 0 heterocycles. The Morgan fingerprint density at radius 3 is 2.32 bits per heavy atom. The molecule has 2 aromatic rings. The number of hydrogen-bond acceptors (Lipinski definition) is 2. The first-order chi connectivity index (χ1) is 10.9. The van der Waals surface area contributed by atoms with E-state index >= 15 is 0 Å². The zero-order chi connectivity index (χ0) is 15.0. The van der Waals surface area contributed by atoms with Gasteiger partial charge in [-0.2, -0.15) is 0 Å². The average Bonchev–Trinajstić information content (AvgIpc) is 2.54. The standard InChI is InChI=1S/C20H19NO/c1-3-8-17(9-4-1)14-15-20(19-12-5-2-6-13-19)22-21-16-18-10-7-11-18/h1-6,8-9,12-13,16,18,20H,7,10-11H2/b21-16-. The van der Waals surface area contributed by atoms with Gasteiger partial charge >= 0.3 is 0 Å². The monoisotopic (exact) mass is 289 g/mol. The van der Waals surface area contributed by atoms with Crippen molar-refractivity contribution in [3.8, 4) is 11.8 Å². The highest BCUT2D eigenvalue weighted by Crippen LogP contribution is 2.24. The van der Waals surface area contributed by atoms with Gasteiger partial charge in [-0.05, 0) is 36.8 Å². The molecule has 1 atom stereocenters. The molecule has 2 aromatic carbocycles. The van der Waals surface area contributed by atoms with Gasteiger partial charge in [-0.3, -0.25) is 0 Å². The third kappa shape index (κ3) is 3.99. The Balaban J connectivity index is 1.74. The lowest BCUT2D eigenvalue weighted by atomic mass is 9.87. The lowest BCUT2D eigenvalue weighted by molar-refractivity contribution is 0.0989. The zero-order valence-electron chi connectivity index (χ0n) is 12.5. The lowest BCUT2D eigenvalue weighted by Gasteiger charge is -2.20. The van der Waals surface area contributed by atoms with Crippen molar-refractivity contribution in [3.63, 3.8) is 0 Å². The normalized spacial score (nSPS) is 15.6. The summed E-state index contributed by atoms with van der Waals surface area (Å²) in [7, 11) is 0. The molecule has 0 aromatic heterocycles. The molecule has 2 nitrogen and oxygen atoms in total. The predicted octanol–water partition coefficient (Wildman–Crippen LogP) is 4.58. The van der Waals surface area contributed by atoms with Gasteiger partial charge in [0.25, 0.3) is 0 Å². The van der Waals surface area contributed by atoms with E-state index < -0.39 is 0 Å². The predicted molar refractivity (Wildman–Crippen MR) is 89.4 cm³/mol. The molecule has 1 aliphatic carbocycles. The van der Waals surface area contributed by atoms with Crippen LogP contribution in [0.3, 0.4) is 0 Å². The van der Waals surface area contributed by atoms with E-state index in [-0.39, 0.29) is 6.10 Å². The molecule has 0 amide bonds. The van der Waals surface area contributed by atoms with Crippen LogP contribution in [0.25, 0.3) is 0 Å². The van der Waals surface area contributed by atoms with Crippen molar-refractivity contribution >= 4 is 6.21 Å². The Morgan fingerprint density at radius 1 is 1.00 bits per heavy atom. The van der Waals surface area contributed by atoms with E-state index in [0.717, 1.165) is 11.1 Å². The largest absolute Gasteiger partial charge is 0.375 e. The van der Waals surface area contributed by atoms with Crippen LogP contribution in [0.2, 0.25) is 0 Å². The molecule has 22 heavy (non-hydrogen) atoms. The fourth-order valence-electron chi connectivity index (χ4n) is 2.24. The number of oxime groups is 1. The molecular weight excluding hydrogens is 270 g/mol. The molecule has 1 unspecified atom stereocenters. The van der Waals surface area contributed by atoms with Crippen molar-refractivity contribution in [3.05, 3.63) is 71.8 Å². The van der Waals surface area contributed by atoms with Gasteiger partial charge in [-0.1, -0.05) is 66.0 Å². The van der Waals surface area contributed by atoms with Crippen molar-refractivity contribution in [2.24, 2.45) is 11.1 Å². The summed E-state index contributed by atoms with van der Waals surface area (Å²) in [5.41, 5.74) is 2.01. The maximum Gasteiger partial charge on any atom is 0.213 e. The van der Waals surface area contributed by atoms with Crippen LogP contribution >= 0.6 is 0 Å². The first kappa shape index (κ1) is 14.4. The second-order valence-corrected chi connectivity index (χ2v) is 5.48. The summed E-state index contributed by atoms with van der Waals surface area (Å²) < 4.78 is 0. The summed E-state index contributed by atoms with van der Waals surface area (Å²) in [4.78, 5) is 5.65. The molecule has 0 saturated heterocycles. The van der Waals surface area contributed by atoms with Gasteiger partial charge in [0.1, 0.15) is 0 Å². The van der Waals surface area contributed by atoms with Crippen molar-refractivity contribution in [2.75, 3.05) is 0 Å². The van der Waals surface area contributed by atoms with E-state index in [9.17, 15) is 0 Å². The quantitative estimate of drug-likeness (QED) is 0.458. The van der Waals surface area contributed by atoms with Crippen LogP contribution in [-0.4, -0.2) is 6.21 Å². The van der Waals surface area contributed by atoms with Crippen LogP contribution in [0.4, 0.5) is 0 Å². The molecule has 1 saturated carbocycles. The van der Waals surface area contributed by atoms with Crippen molar-refractivity contribution < 1.29 is 4.84 Å². The minimum Gasteiger partial charge on any atom is -0.375 e. The van der Waals surface area contributed by atoms with Crippen LogP contribution in [0.15, 0.2) is 65.8 Å². The van der Waals surface area contributed by atoms with Crippen molar-refractivity contribution in [2.45, 2.75) is 25.4 Å². The van der Waals surface area contributed by atoms with Crippen LogP contribution in [-0.2, 0) is 4.84 Å². The molecular formula is C20H19NO. The highest BCUT2D eigenvalue weighted by atomic mass is 16.6. The Kier molecular flexibility index (Phi) is 4.89. The van der Waals surface area contributed by atoms with Gasteiger partial charge in [0.2, 0.25) is 6.10 Å². The third-order valence-corrected chi connectivity index (χ3v) is 3.81. The van der Waals surface area contributed by atoms with Crippen LogP contribution < -0.4 is 0 Å². The van der Waals surface area contributed by atoms with E-state index in [1.165, 1.54) is 19.3 Å². The van der Waals surface area contributed by atoms with E-state index in [0.29, 0.717) is 5.92 Å². The first-order valence-electron chi connectivity index (χ1n) is 7.73. The summed E-state index contributed by atoms with van der Waals surface area (Å²) >= 11 is 0. The number of rotatable bonds is 4. The van der Waals surface area contributed by atoms with Gasteiger partial charge in [-0.15, -0.1) is 0 Å². The van der Waals surface area contributed by atoms with Crippen molar-refractivity contribution in [1.29, 1.82) is 0 Å².